The second-order valence-electron chi connectivity index (χ2n) is 4.68. The molecule has 0 spiro atoms. The number of aromatic nitrogens is 1. The fraction of sp³-hybridized carbons (Fsp3) is 0.0625. The number of fused-ring (bicyclic) bond motifs is 1. The lowest BCUT2D eigenvalue weighted by atomic mass is 10.2. The lowest BCUT2D eigenvalue weighted by Crippen LogP contribution is -2.24. The maximum absolute atomic E-state index is 11.8. The van der Waals surface area contributed by atoms with Gasteiger partial charge in [-0.2, -0.15) is 5.10 Å². The number of hydrogen-bond acceptors (Lipinski definition) is 5. The second kappa shape index (κ2) is 7.59. The first-order chi connectivity index (χ1) is 11.6. The van der Waals surface area contributed by atoms with E-state index >= 15 is 0 Å². The SMILES string of the molecule is O=C(COc1cccc2cccnc12)N/N=C\c1cc(Br)c(Br)o1. The summed E-state index contributed by atoms with van der Waals surface area (Å²) >= 11 is 6.51. The third kappa shape index (κ3) is 4.01. The Morgan fingerprint density at radius 1 is 1.33 bits per heavy atom. The highest BCUT2D eigenvalue weighted by Crippen LogP contribution is 2.25. The average Bonchev–Trinajstić information content (AvgIpc) is 2.91. The van der Waals surface area contributed by atoms with E-state index in [9.17, 15) is 4.79 Å². The average molecular weight is 453 g/mol. The summed E-state index contributed by atoms with van der Waals surface area (Å²) < 4.78 is 12.1. The first kappa shape index (κ1) is 16.7. The normalized spacial score (nSPS) is 11.1. The van der Waals surface area contributed by atoms with E-state index in [1.165, 1.54) is 6.21 Å². The van der Waals surface area contributed by atoms with Crippen molar-refractivity contribution in [3.05, 3.63) is 57.5 Å². The molecule has 0 fully saturated rings. The smallest absolute Gasteiger partial charge is 0.277 e. The van der Waals surface area contributed by atoms with Crippen molar-refractivity contribution in [1.29, 1.82) is 0 Å². The molecule has 0 aliphatic carbocycles. The molecule has 24 heavy (non-hydrogen) atoms. The topological polar surface area (TPSA) is 76.7 Å². The van der Waals surface area contributed by atoms with Crippen molar-refractivity contribution in [3.8, 4) is 5.75 Å². The molecule has 1 amide bonds. The maximum atomic E-state index is 11.8. The van der Waals surface area contributed by atoms with E-state index in [2.05, 4.69) is 47.4 Å². The molecule has 0 radical (unpaired) electrons. The quantitative estimate of drug-likeness (QED) is 0.470. The minimum Gasteiger partial charge on any atom is -0.481 e. The summed E-state index contributed by atoms with van der Waals surface area (Å²) in [4.78, 5) is 16.1. The number of hydrazone groups is 1. The molecule has 0 unspecified atom stereocenters. The Labute approximate surface area is 154 Å². The van der Waals surface area contributed by atoms with Crippen LogP contribution < -0.4 is 10.2 Å². The van der Waals surface area contributed by atoms with Gasteiger partial charge in [0.15, 0.2) is 11.3 Å². The van der Waals surface area contributed by atoms with E-state index in [-0.39, 0.29) is 12.5 Å². The summed E-state index contributed by atoms with van der Waals surface area (Å²) in [6, 6.07) is 11.0. The molecule has 6 nitrogen and oxygen atoms in total. The highest BCUT2D eigenvalue weighted by Gasteiger charge is 2.07. The Balaban J connectivity index is 1.57. The number of pyridine rings is 1. The molecular weight excluding hydrogens is 442 g/mol. The Hall–Kier alpha value is -2.19. The first-order valence-electron chi connectivity index (χ1n) is 6.87. The minimum absolute atomic E-state index is 0.168. The van der Waals surface area contributed by atoms with Crippen molar-refractivity contribution in [1.82, 2.24) is 10.4 Å². The van der Waals surface area contributed by atoms with Crippen molar-refractivity contribution in [2.45, 2.75) is 0 Å². The van der Waals surface area contributed by atoms with Crippen LogP contribution in [0, 0.1) is 0 Å². The number of nitrogens with zero attached hydrogens (tertiary/aromatic N) is 2. The van der Waals surface area contributed by atoms with E-state index in [0.29, 0.717) is 21.7 Å². The molecule has 122 valence electrons. The van der Waals surface area contributed by atoms with Crippen LogP contribution in [0.5, 0.6) is 5.75 Å². The summed E-state index contributed by atoms with van der Waals surface area (Å²) in [6.07, 6.45) is 3.08. The molecule has 3 aromatic rings. The third-order valence-electron chi connectivity index (χ3n) is 3.00. The number of ether oxygens (including phenoxy) is 1. The number of amides is 1. The van der Waals surface area contributed by atoms with Crippen molar-refractivity contribution < 1.29 is 13.9 Å². The van der Waals surface area contributed by atoms with Gasteiger partial charge in [-0.3, -0.25) is 9.78 Å². The van der Waals surface area contributed by atoms with Gasteiger partial charge in [-0.1, -0.05) is 18.2 Å². The number of para-hydroxylation sites is 1. The summed E-state index contributed by atoms with van der Waals surface area (Å²) in [7, 11) is 0. The molecule has 0 bridgehead atoms. The van der Waals surface area contributed by atoms with Crippen molar-refractivity contribution in [3.63, 3.8) is 0 Å². The molecule has 8 heteroatoms. The lowest BCUT2D eigenvalue weighted by molar-refractivity contribution is -0.123. The zero-order chi connectivity index (χ0) is 16.9. The van der Waals surface area contributed by atoms with Crippen LogP contribution in [0.4, 0.5) is 0 Å². The van der Waals surface area contributed by atoms with Crippen molar-refractivity contribution in [2.24, 2.45) is 5.10 Å². The molecule has 1 N–H and O–H groups in total. The van der Waals surface area contributed by atoms with Gasteiger partial charge in [-0.05, 0) is 44.0 Å². The van der Waals surface area contributed by atoms with Gasteiger partial charge in [-0.15, -0.1) is 0 Å². The third-order valence-corrected chi connectivity index (χ3v) is 4.71. The van der Waals surface area contributed by atoms with E-state index in [4.69, 9.17) is 9.15 Å². The Morgan fingerprint density at radius 2 is 2.17 bits per heavy atom. The number of carbonyl (C=O) groups is 1. The van der Waals surface area contributed by atoms with Crippen molar-refractivity contribution >= 4 is 54.9 Å². The fourth-order valence-corrected chi connectivity index (χ4v) is 2.57. The molecule has 2 aromatic heterocycles. The number of hydrogen-bond donors (Lipinski definition) is 1. The van der Waals surface area contributed by atoms with Crippen LogP contribution in [0.3, 0.4) is 0 Å². The van der Waals surface area contributed by atoms with Crippen LogP contribution in [0.1, 0.15) is 5.76 Å². The molecule has 1 aromatic carbocycles. The maximum Gasteiger partial charge on any atom is 0.277 e. The highest BCUT2D eigenvalue weighted by molar-refractivity contribution is 9.13. The molecule has 0 saturated carbocycles. The number of carbonyl (C=O) groups excluding carboxylic acids is 1. The van der Waals surface area contributed by atoms with Gasteiger partial charge in [0.25, 0.3) is 5.91 Å². The predicted octanol–water partition coefficient (Wildman–Crippen LogP) is 3.88. The summed E-state index contributed by atoms with van der Waals surface area (Å²) in [6.45, 7) is -0.168. The molecule has 0 aliphatic heterocycles. The molecule has 3 rings (SSSR count). The largest absolute Gasteiger partial charge is 0.481 e. The number of halogens is 2. The summed E-state index contributed by atoms with van der Waals surface area (Å²) in [5.74, 6) is 0.656. The molecule has 0 saturated heterocycles. The number of rotatable bonds is 5. The Bertz CT molecular complexity index is 884. The summed E-state index contributed by atoms with van der Waals surface area (Å²) in [5.41, 5.74) is 3.08. The first-order valence-corrected chi connectivity index (χ1v) is 8.45. The van der Waals surface area contributed by atoms with Gasteiger partial charge in [0, 0.05) is 17.6 Å². The van der Waals surface area contributed by atoms with Gasteiger partial charge in [0.05, 0.1) is 10.7 Å². The fourth-order valence-electron chi connectivity index (χ4n) is 1.96. The lowest BCUT2D eigenvalue weighted by Gasteiger charge is -2.07. The minimum atomic E-state index is -0.385. The van der Waals surface area contributed by atoms with Crippen LogP contribution in [0.25, 0.3) is 10.9 Å². The Kier molecular flexibility index (Phi) is 5.27. The van der Waals surface area contributed by atoms with Gasteiger partial charge in [0.2, 0.25) is 0 Å². The van der Waals surface area contributed by atoms with Crippen LogP contribution in [0.15, 0.2) is 61.3 Å². The van der Waals surface area contributed by atoms with Crippen LogP contribution in [-0.2, 0) is 4.79 Å². The van der Waals surface area contributed by atoms with Gasteiger partial charge in [0.1, 0.15) is 17.0 Å². The van der Waals surface area contributed by atoms with Crippen LogP contribution in [-0.4, -0.2) is 23.7 Å². The van der Waals surface area contributed by atoms with Gasteiger partial charge < -0.3 is 9.15 Å². The van der Waals surface area contributed by atoms with Gasteiger partial charge in [-0.25, -0.2) is 5.43 Å². The second-order valence-corrected chi connectivity index (χ2v) is 6.26. The van der Waals surface area contributed by atoms with E-state index in [1.807, 2.05) is 24.3 Å². The zero-order valence-electron chi connectivity index (χ0n) is 12.2. The summed E-state index contributed by atoms with van der Waals surface area (Å²) in [5, 5.41) is 4.76. The predicted molar refractivity (Wildman–Crippen MR) is 97.1 cm³/mol. The number of furan rings is 1. The number of benzene rings is 1. The highest BCUT2D eigenvalue weighted by atomic mass is 79.9. The van der Waals surface area contributed by atoms with Gasteiger partial charge >= 0.3 is 0 Å². The Morgan fingerprint density at radius 3 is 2.96 bits per heavy atom. The zero-order valence-corrected chi connectivity index (χ0v) is 15.4. The van der Waals surface area contributed by atoms with E-state index < -0.39 is 0 Å². The number of nitrogens with one attached hydrogen (secondary N) is 1. The van der Waals surface area contributed by atoms with Crippen molar-refractivity contribution in [2.75, 3.05) is 6.61 Å². The standard InChI is InChI=1S/C16H11Br2N3O3/c17-12-7-11(24-16(12)18)8-20-21-14(22)9-23-13-5-1-3-10-4-2-6-19-15(10)13/h1-8H,9H2,(H,21,22)/b20-8-. The van der Waals surface area contributed by atoms with E-state index in [0.717, 1.165) is 9.86 Å². The monoisotopic (exact) mass is 451 g/mol. The van der Waals surface area contributed by atoms with Crippen LogP contribution >= 0.6 is 31.9 Å². The van der Waals surface area contributed by atoms with Crippen LogP contribution in [0.2, 0.25) is 0 Å². The molecular formula is C16H11Br2N3O3. The molecule has 0 atom stereocenters. The van der Waals surface area contributed by atoms with E-state index in [1.54, 1.807) is 18.3 Å². The molecule has 2 heterocycles. The molecule has 0 aliphatic rings.